The van der Waals surface area contributed by atoms with Crippen LogP contribution in [0.15, 0.2) is 23.1 Å². The first-order valence-corrected chi connectivity index (χ1v) is 9.85. The lowest BCUT2D eigenvalue weighted by atomic mass is 10.3. The van der Waals surface area contributed by atoms with Gasteiger partial charge in [-0.1, -0.05) is 13.8 Å². The van der Waals surface area contributed by atoms with Gasteiger partial charge in [0.15, 0.2) is 12.4 Å². The van der Waals surface area contributed by atoms with Crippen LogP contribution >= 0.6 is 0 Å². The summed E-state index contributed by atoms with van der Waals surface area (Å²) < 4.78 is 31.5. The van der Waals surface area contributed by atoms with E-state index in [0.717, 1.165) is 6.07 Å². The fourth-order valence-electron chi connectivity index (χ4n) is 2.44. The van der Waals surface area contributed by atoms with Crippen LogP contribution in [-0.2, 0) is 14.8 Å². The van der Waals surface area contributed by atoms with Crippen LogP contribution in [0, 0.1) is 10.1 Å². The van der Waals surface area contributed by atoms with Crippen molar-refractivity contribution in [1.82, 2.24) is 9.21 Å². The molecule has 10 heteroatoms. The number of carbonyl (C=O) groups excluding carboxylic acids is 1. The minimum Gasteiger partial charge on any atom is -0.477 e. The molecule has 0 aromatic heterocycles. The van der Waals surface area contributed by atoms with Gasteiger partial charge < -0.3 is 9.64 Å². The SMILES string of the molecule is CCN(CC)C(=O)COc1ccc(S(=O)(=O)N(CC)CC)cc1[N+](=O)[O-]. The normalized spacial score (nSPS) is 11.4. The molecule has 0 fully saturated rings. The molecule has 1 aromatic carbocycles. The van der Waals surface area contributed by atoms with Gasteiger partial charge in [0.05, 0.1) is 9.82 Å². The van der Waals surface area contributed by atoms with Crippen molar-refractivity contribution in [1.29, 1.82) is 0 Å². The second kappa shape index (κ2) is 9.48. The van der Waals surface area contributed by atoms with Crippen molar-refractivity contribution in [3.05, 3.63) is 28.3 Å². The van der Waals surface area contributed by atoms with E-state index < -0.39 is 20.6 Å². The smallest absolute Gasteiger partial charge is 0.312 e. The Morgan fingerprint density at radius 2 is 1.69 bits per heavy atom. The van der Waals surface area contributed by atoms with Crippen LogP contribution in [0.1, 0.15) is 27.7 Å². The third-order valence-electron chi connectivity index (χ3n) is 3.94. The van der Waals surface area contributed by atoms with Gasteiger partial charge in [0, 0.05) is 32.2 Å². The Kier molecular flexibility index (Phi) is 7.97. The Morgan fingerprint density at radius 1 is 1.12 bits per heavy atom. The average Bonchev–Trinajstić information content (AvgIpc) is 2.61. The molecule has 0 N–H and O–H groups in total. The predicted molar refractivity (Wildman–Crippen MR) is 96.6 cm³/mol. The van der Waals surface area contributed by atoms with Crippen molar-refractivity contribution in [2.24, 2.45) is 0 Å². The van der Waals surface area contributed by atoms with E-state index in [1.165, 1.54) is 21.3 Å². The average molecular weight is 387 g/mol. The third kappa shape index (κ3) is 4.92. The number of ether oxygens (including phenoxy) is 1. The molecule has 146 valence electrons. The maximum atomic E-state index is 12.5. The molecule has 0 unspecified atom stereocenters. The first-order chi connectivity index (χ1) is 12.2. The largest absolute Gasteiger partial charge is 0.477 e. The number of rotatable bonds is 10. The topological polar surface area (TPSA) is 110 Å². The minimum atomic E-state index is -3.83. The van der Waals surface area contributed by atoms with E-state index in [1.807, 2.05) is 13.8 Å². The van der Waals surface area contributed by atoms with E-state index in [2.05, 4.69) is 0 Å². The third-order valence-corrected chi connectivity index (χ3v) is 5.98. The number of carbonyl (C=O) groups is 1. The molecule has 0 bridgehead atoms. The first kappa shape index (κ1) is 21.8. The Labute approximate surface area is 153 Å². The maximum absolute atomic E-state index is 12.5. The second-order valence-corrected chi connectivity index (χ2v) is 7.27. The molecule has 9 nitrogen and oxygen atoms in total. The number of likely N-dealkylation sites (N-methyl/N-ethyl adjacent to an activating group) is 1. The number of hydrogen-bond donors (Lipinski definition) is 0. The molecule has 1 amide bonds. The summed E-state index contributed by atoms with van der Waals surface area (Å²) >= 11 is 0. The summed E-state index contributed by atoms with van der Waals surface area (Å²) in [6, 6.07) is 3.42. The molecular formula is C16H25N3O6S. The van der Waals surface area contributed by atoms with Crippen LogP contribution < -0.4 is 4.74 Å². The lowest BCUT2D eigenvalue weighted by Crippen LogP contribution is -2.34. The fourth-order valence-corrected chi connectivity index (χ4v) is 3.92. The van der Waals surface area contributed by atoms with Crippen LogP contribution in [0.25, 0.3) is 0 Å². The quantitative estimate of drug-likeness (QED) is 0.448. The molecule has 0 radical (unpaired) electrons. The monoisotopic (exact) mass is 387 g/mol. The predicted octanol–water partition coefficient (Wildman–Crippen LogP) is 1.87. The summed E-state index contributed by atoms with van der Waals surface area (Å²) in [6.45, 7) is 8.16. The Balaban J connectivity index is 3.14. The maximum Gasteiger partial charge on any atom is 0.312 e. The molecule has 1 rings (SSSR count). The number of nitro benzene ring substituents is 1. The molecule has 0 saturated heterocycles. The zero-order valence-corrected chi connectivity index (χ0v) is 16.3. The van der Waals surface area contributed by atoms with Gasteiger partial charge in [-0.25, -0.2) is 8.42 Å². The lowest BCUT2D eigenvalue weighted by Gasteiger charge is -2.19. The van der Waals surface area contributed by atoms with E-state index in [-0.39, 0.29) is 36.2 Å². The van der Waals surface area contributed by atoms with Crippen molar-refractivity contribution in [2.45, 2.75) is 32.6 Å². The number of nitrogens with zero attached hydrogens (tertiary/aromatic N) is 3. The van der Waals surface area contributed by atoms with Gasteiger partial charge in [0.25, 0.3) is 5.91 Å². The highest BCUT2D eigenvalue weighted by Gasteiger charge is 2.26. The number of amides is 1. The van der Waals surface area contributed by atoms with Gasteiger partial charge in [-0.3, -0.25) is 14.9 Å². The highest BCUT2D eigenvalue weighted by Crippen LogP contribution is 2.31. The summed E-state index contributed by atoms with van der Waals surface area (Å²) in [4.78, 5) is 23.9. The highest BCUT2D eigenvalue weighted by molar-refractivity contribution is 7.89. The van der Waals surface area contributed by atoms with E-state index in [0.29, 0.717) is 13.1 Å². The standard InChI is InChI=1S/C16H25N3O6S/c1-5-17(6-2)16(20)12-25-15-10-9-13(11-14(15)19(21)22)26(23,24)18(7-3)8-4/h9-11H,5-8,12H2,1-4H3. The fraction of sp³-hybridized carbons (Fsp3) is 0.562. The minimum absolute atomic E-state index is 0.144. The van der Waals surface area contributed by atoms with Gasteiger partial charge in [-0.15, -0.1) is 0 Å². The summed E-state index contributed by atoms with van der Waals surface area (Å²) in [6.07, 6.45) is 0. The van der Waals surface area contributed by atoms with Crippen LogP contribution in [0.5, 0.6) is 5.75 Å². The zero-order valence-electron chi connectivity index (χ0n) is 15.5. The number of nitro groups is 1. The summed E-state index contributed by atoms with van der Waals surface area (Å²) in [7, 11) is -3.83. The van der Waals surface area contributed by atoms with Crippen LogP contribution in [0.3, 0.4) is 0 Å². The van der Waals surface area contributed by atoms with Crippen LogP contribution in [0.4, 0.5) is 5.69 Å². The Bertz CT molecular complexity index is 742. The highest BCUT2D eigenvalue weighted by atomic mass is 32.2. The molecule has 0 aliphatic heterocycles. The van der Waals surface area contributed by atoms with Crippen molar-refractivity contribution in [3.8, 4) is 5.75 Å². The zero-order chi connectivity index (χ0) is 19.9. The van der Waals surface area contributed by atoms with Crippen LogP contribution in [0.2, 0.25) is 0 Å². The number of benzene rings is 1. The summed E-state index contributed by atoms with van der Waals surface area (Å²) in [5.74, 6) is -0.446. The van der Waals surface area contributed by atoms with Crippen molar-refractivity contribution < 1.29 is 22.9 Å². The van der Waals surface area contributed by atoms with E-state index in [4.69, 9.17) is 4.74 Å². The lowest BCUT2D eigenvalue weighted by molar-refractivity contribution is -0.386. The second-order valence-electron chi connectivity index (χ2n) is 5.33. The van der Waals surface area contributed by atoms with Gasteiger partial charge >= 0.3 is 5.69 Å². The Morgan fingerprint density at radius 3 is 2.15 bits per heavy atom. The molecule has 0 heterocycles. The van der Waals surface area contributed by atoms with Gasteiger partial charge in [-0.05, 0) is 26.0 Å². The summed E-state index contributed by atoms with van der Waals surface area (Å²) in [5.41, 5.74) is -0.495. The van der Waals surface area contributed by atoms with Crippen molar-refractivity contribution in [3.63, 3.8) is 0 Å². The molecule has 0 aliphatic carbocycles. The van der Waals surface area contributed by atoms with Gasteiger partial charge in [-0.2, -0.15) is 4.31 Å². The Hall–Kier alpha value is -2.20. The first-order valence-electron chi connectivity index (χ1n) is 8.41. The molecule has 0 saturated carbocycles. The van der Waals surface area contributed by atoms with Gasteiger partial charge in [0.2, 0.25) is 10.0 Å². The van der Waals surface area contributed by atoms with Crippen molar-refractivity contribution in [2.75, 3.05) is 32.8 Å². The van der Waals surface area contributed by atoms with E-state index in [9.17, 15) is 23.3 Å². The van der Waals surface area contributed by atoms with Crippen molar-refractivity contribution >= 4 is 21.6 Å². The molecule has 1 aromatic rings. The van der Waals surface area contributed by atoms with E-state index >= 15 is 0 Å². The molecule has 0 spiro atoms. The molecule has 0 aliphatic rings. The molecule has 26 heavy (non-hydrogen) atoms. The number of sulfonamides is 1. The molecular weight excluding hydrogens is 362 g/mol. The van der Waals surface area contributed by atoms with Gasteiger partial charge in [0.1, 0.15) is 0 Å². The molecule has 0 atom stereocenters. The summed E-state index contributed by atoms with van der Waals surface area (Å²) in [5, 5.41) is 11.3. The number of hydrogen-bond acceptors (Lipinski definition) is 6. The van der Waals surface area contributed by atoms with E-state index in [1.54, 1.807) is 13.8 Å². The van der Waals surface area contributed by atoms with Crippen LogP contribution in [-0.4, -0.2) is 61.2 Å².